The van der Waals surface area contributed by atoms with Crippen molar-refractivity contribution in [3.8, 4) is 11.5 Å². The number of allylic oxidation sites excluding steroid dienone is 1. The molecule has 1 atom stereocenters. The molecule has 0 bridgehead atoms. The standard InChI is InChI=1S/C27H25NO5/c1-32-24-13-7-8-14-25(24)33-18-17-28-23-12-6-5-11-22(23)27(31,26(28)30)19-21(29)16-15-20-9-3-2-4-10-20/h2-16,31H,17-19H2,1H3/b16-15+/t27-/m1/s1. The summed E-state index contributed by atoms with van der Waals surface area (Å²) < 4.78 is 11.1. The fourth-order valence-corrected chi connectivity index (χ4v) is 3.95. The van der Waals surface area contributed by atoms with Crippen LogP contribution in [0.4, 0.5) is 5.69 Å². The van der Waals surface area contributed by atoms with Crippen molar-refractivity contribution in [2.45, 2.75) is 12.0 Å². The summed E-state index contributed by atoms with van der Waals surface area (Å²) in [4.78, 5) is 27.4. The van der Waals surface area contributed by atoms with E-state index in [1.807, 2.05) is 42.5 Å². The van der Waals surface area contributed by atoms with E-state index >= 15 is 0 Å². The Labute approximate surface area is 192 Å². The van der Waals surface area contributed by atoms with Gasteiger partial charge in [-0.25, -0.2) is 0 Å². The van der Waals surface area contributed by atoms with Crippen molar-refractivity contribution in [1.29, 1.82) is 0 Å². The monoisotopic (exact) mass is 443 g/mol. The second-order valence-electron chi connectivity index (χ2n) is 7.72. The van der Waals surface area contributed by atoms with Gasteiger partial charge in [0.25, 0.3) is 5.91 Å². The molecule has 0 aromatic heterocycles. The number of benzene rings is 3. The summed E-state index contributed by atoms with van der Waals surface area (Å²) in [5.41, 5.74) is -0.0487. The number of para-hydroxylation sites is 3. The lowest BCUT2D eigenvalue weighted by Crippen LogP contribution is -2.43. The number of ketones is 1. The lowest BCUT2D eigenvalue weighted by atomic mass is 9.90. The highest BCUT2D eigenvalue weighted by molar-refractivity contribution is 6.10. The third-order valence-corrected chi connectivity index (χ3v) is 5.57. The van der Waals surface area contributed by atoms with Crippen LogP contribution in [0.3, 0.4) is 0 Å². The fourth-order valence-electron chi connectivity index (χ4n) is 3.95. The van der Waals surface area contributed by atoms with Crippen molar-refractivity contribution in [2.75, 3.05) is 25.2 Å². The summed E-state index contributed by atoms with van der Waals surface area (Å²) in [6.07, 6.45) is 2.74. The number of hydrogen-bond acceptors (Lipinski definition) is 5. The first-order chi connectivity index (χ1) is 16.0. The van der Waals surface area contributed by atoms with Crippen LogP contribution >= 0.6 is 0 Å². The lowest BCUT2D eigenvalue weighted by Gasteiger charge is -2.22. The van der Waals surface area contributed by atoms with Gasteiger partial charge in [-0.15, -0.1) is 0 Å². The highest BCUT2D eigenvalue weighted by Gasteiger charge is 2.50. The Morgan fingerprint density at radius 2 is 1.64 bits per heavy atom. The van der Waals surface area contributed by atoms with Crippen LogP contribution in [-0.4, -0.2) is 37.1 Å². The van der Waals surface area contributed by atoms with Crippen molar-refractivity contribution < 1.29 is 24.2 Å². The van der Waals surface area contributed by atoms with Gasteiger partial charge in [0.2, 0.25) is 0 Å². The number of carbonyl (C=O) groups excluding carboxylic acids is 2. The molecule has 4 rings (SSSR count). The van der Waals surface area contributed by atoms with Gasteiger partial charge in [0.15, 0.2) is 22.9 Å². The minimum atomic E-state index is -1.92. The molecule has 0 fully saturated rings. The third kappa shape index (κ3) is 4.66. The zero-order valence-electron chi connectivity index (χ0n) is 18.3. The van der Waals surface area contributed by atoms with Crippen molar-refractivity contribution in [1.82, 2.24) is 0 Å². The van der Waals surface area contributed by atoms with Crippen molar-refractivity contribution in [3.05, 3.63) is 96.1 Å². The molecule has 1 N–H and O–H groups in total. The summed E-state index contributed by atoms with van der Waals surface area (Å²) in [7, 11) is 1.56. The van der Waals surface area contributed by atoms with Crippen LogP contribution in [0.15, 0.2) is 84.9 Å². The van der Waals surface area contributed by atoms with Crippen molar-refractivity contribution in [3.63, 3.8) is 0 Å². The van der Waals surface area contributed by atoms with Crippen LogP contribution in [-0.2, 0) is 15.2 Å². The van der Waals surface area contributed by atoms with E-state index in [9.17, 15) is 14.7 Å². The number of carbonyl (C=O) groups is 2. The normalized spacial score (nSPS) is 17.3. The SMILES string of the molecule is COc1ccccc1OCCN1C(=O)[C@@](O)(CC(=O)/C=C/c2ccccc2)c2ccccc21. The predicted octanol–water partition coefficient (Wildman–Crippen LogP) is 3.98. The van der Waals surface area contributed by atoms with Crippen molar-refractivity contribution in [2.24, 2.45) is 0 Å². The summed E-state index contributed by atoms with van der Waals surface area (Å²) in [5.74, 6) is 0.291. The largest absolute Gasteiger partial charge is 0.493 e. The molecular formula is C27H25NO5. The topological polar surface area (TPSA) is 76.1 Å². The van der Waals surface area contributed by atoms with Gasteiger partial charge in [-0.05, 0) is 29.8 Å². The number of fused-ring (bicyclic) bond motifs is 1. The number of aliphatic hydroxyl groups is 1. The Balaban J connectivity index is 1.49. The molecule has 168 valence electrons. The summed E-state index contributed by atoms with van der Waals surface area (Å²) >= 11 is 0. The Kier molecular flexibility index (Phi) is 6.56. The van der Waals surface area contributed by atoms with E-state index in [1.54, 1.807) is 49.6 Å². The van der Waals surface area contributed by atoms with E-state index in [-0.39, 0.29) is 25.4 Å². The number of ether oxygens (including phenoxy) is 2. The number of rotatable bonds is 9. The fraction of sp³-hybridized carbons (Fsp3) is 0.185. The Morgan fingerprint density at radius 3 is 2.39 bits per heavy atom. The molecule has 3 aromatic rings. The van der Waals surface area contributed by atoms with Crippen LogP contribution in [0.1, 0.15) is 17.5 Å². The van der Waals surface area contributed by atoms with Crippen LogP contribution in [0.2, 0.25) is 0 Å². The van der Waals surface area contributed by atoms with E-state index in [1.165, 1.54) is 11.0 Å². The molecule has 33 heavy (non-hydrogen) atoms. The first-order valence-electron chi connectivity index (χ1n) is 10.7. The molecule has 1 amide bonds. The molecular weight excluding hydrogens is 418 g/mol. The molecule has 1 aliphatic heterocycles. The van der Waals surface area contributed by atoms with Gasteiger partial charge in [0.1, 0.15) is 6.61 Å². The van der Waals surface area contributed by atoms with Gasteiger partial charge in [0.05, 0.1) is 25.8 Å². The third-order valence-electron chi connectivity index (χ3n) is 5.57. The predicted molar refractivity (Wildman–Crippen MR) is 126 cm³/mol. The van der Waals surface area contributed by atoms with Gasteiger partial charge in [-0.3, -0.25) is 9.59 Å². The quantitative estimate of drug-likeness (QED) is 0.507. The maximum atomic E-state index is 13.3. The van der Waals surface area contributed by atoms with Gasteiger partial charge in [-0.2, -0.15) is 0 Å². The molecule has 0 saturated carbocycles. The Morgan fingerprint density at radius 1 is 0.970 bits per heavy atom. The van der Waals surface area contributed by atoms with Gasteiger partial charge in [-0.1, -0.05) is 66.7 Å². The molecule has 0 unspecified atom stereocenters. The number of methoxy groups -OCH3 is 1. The second kappa shape index (κ2) is 9.71. The highest BCUT2D eigenvalue weighted by atomic mass is 16.5. The minimum Gasteiger partial charge on any atom is -0.493 e. The number of anilines is 1. The van der Waals surface area contributed by atoms with Gasteiger partial charge in [0, 0.05) is 5.56 Å². The van der Waals surface area contributed by atoms with E-state index in [2.05, 4.69) is 0 Å². The maximum Gasteiger partial charge on any atom is 0.264 e. The molecule has 6 heteroatoms. The maximum absolute atomic E-state index is 13.3. The molecule has 6 nitrogen and oxygen atoms in total. The van der Waals surface area contributed by atoms with E-state index in [0.29, 0.717) is 22.7 Å². The summed E-state index contributed by atoms with van der Waals surface area (Å²) in [5, 5.41) is 11.3. The minimum absolute atomic E-state index is 0.193. The highest BCUT2D eigenvalue weighted by Crippen LogP contribution is 2.42. The van der Waals surface area contributed by atoms with Gasteiger partial charge >= 0.3 is 0 Å². The summed E-state index contributed by atoms with van der Waals surface area (Å²) in [6, 6.07) is 23.6. The number of amides is 1. The summed E-state index contributed by atoms with van der Waals surface area (Å²) in [6.45, 7) is 0.405. The first-order valence-corrected chi connectivity index (χ1v) is 10.7. The zero-order valence-corrected chi connectivity index (χ0v) is 18.3. The van der Waals surface area contributed by atoms with Crippen molar-refractivity contribution >= 4 is 23.5 Å². The first kappa shape index (κ1) is 22.3. The second-order valence-corrected chi connectivity index (χ2v) is 7.72. The Bertz CT molecular complexity index is 1170. The van der Waals surface area contributed by atoms with Crippen LogP contribution in [0, 0.1) is 0 Å². The zero-order chi connectivity index (χ0) is 23.3. The van der Waals surface area contributed by atoms with Gasteiger partial charge < -0.3 is 19.5 Å². The lowest BCUT2D eigenvalue weighted by molar-refractivity contribution is -0.140. The van der Waals surface area contributed by atoms with Crippen LogP contribution < -0.4 is 14.4 Å². The average molecular weight is 443 g/mol. The molecule has 0 saturated heterocycles. The molecule has 1 aliphatic rings. The van der Waals surface area contributed by atoms with E-state index in [0.717, 1.165) is 5.56 Å². The molecule has 1 heterocycles. The number of nitrogens with zero attached hydrogens (tertiary/aromatic N) is 1. The van der Waals surface area contributed by atoms with Crippen LogP contribution in [0.5, 0.6) is 11.5 Å². The smallest absolute Gasteiger partial charge is 0.264 e. The molecule has 0 aliphatic carbocycles. The molecule has 3 aromatic carbocycles. The molecule has 0 radical (unpaired) electrons. The number of hydrogen-bond donors (Lipinski definition) is 1. The van der Waals surface area contributed by atoms with E-state index < -0.39 is 11.5 Å². The average Bonchev–Trinajstić information content (AvgIpc) is 3.05. The van der Waals surface area contributed by atoms with E-state index in [4.69, 9.17) is 9.47 Å². The Hall–Kier alpha value is -3.90. The molecule has 0 spiro atoms. The van der Waals surface area contributed by atoms with Crippen LogP contribution in [0.25, 0.3) is 6.08 Å².